The average Bonchev–Trinajstić information content (AvgIpc) is 3.13. The molecular weight excluding hydrogens is 282 g/mol. The fourth-order valence-electron chi connectivity index (χ4n) is 3.04. The van der Waals surface area contributed by atoms with E-state index in [0.29, 0.717) is 11.0 Å². The third-order valence-corrected chi connectivity index (χ3v) is 5.64. The van der Waals surface area contributed by atoms with Gasteiger partial charge in [0.15, 0.2) is 5.01 Å². The molecule has 0 spiro atoms. The van der Waals surface area contributed by atoms with Crippen LogP contribution in [0.15, 0.2) is 18.3 Å². The Bertz CT molecular complexity index is 631. The number of likely N-dealkylation sites (tertiary alicyclic amines) is 1. The van der Waals surface area contributed by atoms with Gasteiger partial charge < -0.3 is 4.90 Å². The Balaban J connectivity index is 1.90. The van der Waals surface area contributed by atoms with Gasteiger partial charge in [-0.3, -0.25) is 4.79 Å². The highest BCUT2D eigenvalue weighted by atomic mass is 32.1. The lowest BCUT2D eigenvalue weighted by Crippen LogP contribution is -2.44. The van der Waals surface area contributed by atoms with Crippen LogP contribution in [0, 0.1) is 5.41 Å². The molecule has 0 radical (unpaired) electrons. The second-order valence-corrected chi connectivity index (χ2v) is 7.32. The predicted octanol–water partition coefficient (Wildman–Crippen LogP) is 3.73. The van der Waals surface area contributed by atoms with Crippen molar-refractivity contribution in [1.29, 1.82) is 0 Å². The Morgan fingerprint density at radius 1 is 1.52 bits per heavy atom. The molecule has 0 saturated carbocycles. The van der Waals surface area contributed by atoms with Crippen LogP contribution < -0.4 is 0 Å². The summed E-state index contributed by atoms with van der Waals surface area (Å²) < 4.78 is 0. The van der Waals surface area contributed by atoms with Crippen molar-refractivity contribution in [3.8, 4) is 0 Å². The first-order chi connectivity index (χ1) is 10.0. The number of carbonyl (C=O) groups excluding carboxylic acids is 1. The molecule has 1 aliphatic heterocycles. The van der Waals surface area contributed by atoms with Crippen LogP contribution in [0.5, 0.6) is 0 Å². The Morgan fingerprint density at radius 2 is 2.33 bits per heavy atom. The largest absolute Gasteiger partial charge is 0.333 e. The molecule has 2 aromatic rings. The maximum absolute atomic E-state index is 12.8. The smallest absolute Gasteiger partial charge is 0.283 e. The van der Waals surface area contributed by atoms with E-state index in [4.69, 9.17) is 0 Å². The van der Waals surface area contributed by atoms with Crippen molar-refractivity contribution < 1.29 is 4.79 Å². The van der Waals surface area contributed by atoms with Crippen LogP contribution in [0.3, 0.4) is 0 Å². The highest BCUT2D eigenvalue weighted by Crippen LogP contribution is 2.37. The minimum atomic E-state index is 0.0713. The summed E-state index contributed by atoms with van der Waals surface area (Å²) >= 11 is 1.40. The van der Waals surface area contributed by atoms with Gasteiger partial charge in [0, 0.05) is 18.8 Å². The Morgan fingerprint density at radius 3 is 3.05 bits per heavy atom. The molecule has 1 saturated heterocycles. The number of nitrogens with zero attached hydrogens (tertiary/aromatic N) is 3. The maximum atomic E-state index is 12.8. The van der Waals surface area contributed by atoms with Gasteiger partial charge in [0.2, 0.25) is 0 Å². The number of carbonyl (C=O) groups is 1. The molecule has 1 atom stereocenters. The third kappa shape index (κ3) is 2.55. The number of amides is 1. The van der Waals surface area contributed by atoms with E-state index in [9.17, 15) is 4.79 Å². The molecule has 0 aliphatic carbocycles. The Hall–Kier alpha value is -1.49. The molecule has 3 rings (SSSR count). The number of aromatic nitrogens is 2. The zero-order valence-corrected chi connectivity index (χ0v) is 13.6. The minimum absolute atomic E-state index is 0.0713. The number of fused-ring (bicyclic) bond motifs is 1. The standard InChI is InChI=1S/C16H21N3OS/c1-4-16(2,3)12-8-6-10-19(12)15(20)14-18-11-7-5-9-17-13(11)21-14/h5,7,9,12H,4,6,8,10H2,1-3H3. The van der Waals surface area contributed by atoms with Gasteiger partial charge in [-0.15, -0.1) is 0 Å². The van der Waals surface area contributed by atoms with Gasteiger partial charge in [0.05, 0.1) is 0 Å². The van der Waals surface area contributed by atoms with Crippen molar-refractivity contribution in [3.05, 3.63) is 23.3 Å². The summed E-state index contributed by atoms with van der Waals surface area (Å²) in [6.07, 6.45) is 5.00. The lowest BCUT2D eigenvalue weighted by atomic mass is 9.80. The molecule has 5 heteroatoms. The average molecular weight is 303 g/mol. The highest BCUT2D eigenvalue weighted by molar-refractivity contribution is 7.19. The van der Waals surface area contributed by atoms with E-state index in [2.05, 4.69) is 30.7 Å². The van der Waals surface area contributed by atoms with Gasteiger partial charge in [0.25, 0.3) is 5.91 Å². The summed E-state index contributed by atoms with van der Waals surface area (Å²) in [4.78, 5) is 24.4. The summed E-state index contributed by atoms with van der Waals surface area (Å²) in [5.74, 6) is 0.0713. The molecular formula is C16H21N3OS. The fraction of sp³-hybridized carbons (Fsp3) is 0.562. The van der Waals surface area contributed by atoms with Gasteiger partial charge in [-0.25, -0.2) is 9.97 Å². The maximum Gasteiger partial charge on any atom is 0.283 e. The Kier molecular flexibility index (Phi) is 3.69. The predicted molar refractivity (Wildman–Crippen MR) is 85.5 cm³/mol. The van der Waals surface area contributed by atoms with Gasteiger partial charge in [-0.2, -0.15) is 0 Å². The fourth-order valence-corrected chi connectivity index (χ4v) is 3.91. The molecule has 2 aromatic heterocycles. The number of thiazole rings is 1. The molecule has 0 N–H and O–H groups in total. The zero-order valence-electron chi connectivity index (χ0n) is 12.8. The van der Waals surface area contributed by atoms with Gasteiger partial charge in [-0.05, 0) is 36.8 Å². The number of rotatable bonds is 3. The second kappa shape index (κ2) is 5.37. The first-order valence-corrected chi connectivity index (χ1v) is 8.37. The SMILES string of the molecule is CCC(C)(C)C1CCCN1C(=O)c1nc2cccnc2s1. The summed E-state index contributed by atoms with van der Waals surface area (Å²) in [6.45, 7) is 7.55. The van der Waals surface area contributed by atoms with Crippen molar-refractivity contribution in [3.63, 3.8) is 0 Å². The number of pyridine rings is 1. The van der Waals surface area contributed by atoms with Crippen LogP contribution in [-0.4, -0.2) is 33.4 Å². The van der Waals surface area contributed by atoms with E-state index in [0.717, 1.165) is 36.2 Å². The van der Waals surface area contributed by atoms with Gasteiger partial charge >= 0.3 is 0 Å². The van der Waals surface area contributed by atoms with Crippen molar-refractivity contribution in [2.75, 3.05) is 6.54 Å². The summed E-state index contributed by atoms with van der Waals surface area (Å²) in [7, 11) is 0. The van der Waals surface area contributed by atoms with E-state index >= 15 is 0 Å². The van der Waals surface area contributed by atoms with Gasteiger partial charge in [-0.1, -0.05) is 32.1 Å². The van der Waals surface area contributed by atoms with E-state index in [1.165, 1.54) is 11.3 Å². The van der Waals surface area contributed by atoms with E-state index in [-0.39, 0.29) is 11.3 Å². The molecule has 1 aliphatic rings. The van der Waals surface area contributed by atoms with Crippen molar-refractivity contribution in [2.24, 2.45) is 5.41 Å². The van der Waals surface area contributed by atoms with E-state index in [1.54, 1.807) is 6.20 Å². The quantitative estimate of drug-likeness (QED) is 0.868. The third-order valence-electron chi connectivity index (χ3n) is 4.68. The van der Waals surface area contributed by atoms with E-state index in [1.807, 2.05) is 17.0 Å². The minimum Gasteiger partial charge on any atom is -0.333 e. The molecule has 0 aromatic carbocycles. The van der Waals surface area contributed by atoms with Crippen LogP contribution in [0.2, 0.25) is 0 Å². The molecule has 4 nitrogen and oxygen atoms in total. The number of hydrogen-bond donors (Lipinski definition) is 0. The lowest BCUT2D eigenvalue weighted by molar-refractivity contribution is 0.0595. The van der Waals surface area contributed by atoms with Crippen molar-refractivity contribution in [2.45, 2.75) is 46.1 Å². The first kappa shape index (κ1) is 14.4. The summed E-state index contributed by atoms with van der Waals surface area (Å²) in [5.41, 5.74) is 0.970. The van der Waals surface area contributed by atoms with Crippen LogP contribution in [0.25, 0.3) is 10.3 Å². The normalized spacial score (nSPS) is 19.4. The highest BCUT2D eigenvalue weighted by Gasteiger charge is 2.39. The van der Waals surface area contributed by atoms with Crippen LogP contribution in [0.4, 0.5) is 0 Å². The van der Waals surface area contributed by atoms with Gasteiger partial charge in [0.1, 0.15) is 10.3 Å². The molecule has 0 bridgehead atoms. The molecule has 3 heterocycles. The zero-order chi connectivity index (χ0) is 15.0. The molecule has 1 unspecified atom stereocenters. The van der Waals surface area contributed by atoms with Crippen molar-refractivity contribution in [1.82, 2.24) is 14.9 Å². The van der Waals surface area contributed by atoms with Crippen LogP contribution >= 0.6 is 11.3 Å². The van der Waals surface area contributed by atoms with Crippen LogP contribution in [0.1, 0.15) is 49.8 Å². The lowest BCUT2D eigenvalue weighted by Gasteiger charge is -2.36. The topological polar surface area (TPSA) is 46.1 Å². The molecule has 112 valence electrons. The summed E-state index contributed by atoms with van der Waals surface area (Å²) in [6, 6.07) is 4.08. The Labute approximate surface area is 129 Å². The van der Waals surface area contributed by atoms with Crippen LogP contribution in [-0.2, 0) is 0 Å². The first-order valence-electron chi connectivity index (χ1n) is 7.55. The van der Waals surface area contributed by atoms with Crippen molar-refractivity contribution >= 4 is 27.6 Å². The molecule has 1 fully saturated rings. The monoisotopic (exact) mass is 303 g/mol. The summed E-state index contributed by atoms with van der Waals surface area (Å²) in [5, 5.41) is 0.572. The van der Waals surface area contributed by atoms with E-state index < -0.39 is 0 Å². The molecule has 1 amide bonds. The second-order valence-electron chi connectivity index (χ2n) is 6.35. The molecule has 21 heavy (non-hydrogen) atoms. The number of hydrogen-bond acceptors (Lipinski definition) is 4.